The number of nitrogens with zero attached hydrogens (tertiary/aromatic N) is 1. The number of fused-ring (bicyclic) bond motifs is 1. The Labute approximate surface area is 184 Å². The molecule has 1 aliphatic heterocycles. The summed E-state index contributed by atoms with van der Waals surface area (Å²) < 4.78 is 21.3. The van der Waals surface area contributed by atoms with Crippen LogP contribution >= 0.6 is 22.9 Å². The molecule has 0 aliphatic carbocycles. The van der Waals surface area contributed by atoms with Crippen molar-refractivity contribution in [2.45, 2.75) is 6.42 Å². The minimum absolute atomic E-state index is 0.00106. The number of rotatable bonds is 7. The van der Waals surface area contributed by atoms with Crippen molar-refractivity contribution in [1.29, 1.82) is 0 Å². The van der Waals surface area contributed by atoms with Gasteiger partial charge in [0, 0.05) is 29.2 Å². The van der Waals surface area contributed by atoms with Gasteiger partial charge in [0.2, 0.25) is 6.79 Å². The van der Waals surface area contributed by atoms with Crippen LogP contribution in [0, 0.1) is 0 Å². The Morgan fingerprint density at radius 1 is 1.26 bits per heavy atom. The van der Waals surface area contributed by atoms with E-state index in [0.717, 1.165) is 11.3 Å². The first-order chi connectivity index (χ1) is 14.9. The second kappa shape index (κ2) is 8.32. The highest BCUT2D eigenvalue weighted by Gasteiger charge is 2.23. The van der Waals surface area contributed by atoms with Crippen LogP contribution in [-0.4, -0.2) is 41.2 Å². The fourth-order valence-corrected chi connectivity index (χ4v) is 4.31. The van der Waals surface area contributed by atoms with Gasteiger partial charge in [-0.1, -0.05) is 16.8 Å². The van der Waals surface area contributed by atoms with E-state index in [4.69, 9.17) is 30.3 Å². The summed E-state index contributed by atoms with van der Waals surface area (Å²) >= 11 is 6.98. The van der Waals surface area contributed by atoms with Gasteiger partial charge in [-0.3, -0.25) is 0 Å². The lowest BCUT2D eigenvalue weighted by atomic mass is 10.0. The highest BCUT2D eigenvalue weighted by Crippen LogP contribution is 2.40. The third-order valence-electron chi connectivity index (χ3n) is 4.51. The first kappa shape index (κ1) is 20.8. The predicted octanol–water partition coefficient (Wildman–Crippen LogP) is 4.20. The van der Waals surface area contributed by atoms with Gasteiger partial charge < -0.3 is 28.9 Å². The smallest absolute Gasteiger partial charge is 0.337 e. The van der Waals surface area contributed by atoms with E-state index in [-0.39, 0.29) is 39.3 Å². The van der Waals surface area contributed by atoms with E-state index in [1.807, 2.05) is 0 Å². The minimum atomic E-state index is -1.18. The molecule has 0 unspecified atom stereocenters. The molecule has 0 radical (unpaired) electrons. The van der Waals surface area contributed by atoms with E-state index < -0.39 is 11.9 Å². The molecule has 0 saturated carbocycles. The van der Waals surface area contributed by atoms with Crippen LogP contribution in [-0.2, 0) is 11.2 Å². The largest absolute Gasteiger partial charge is 0.496 e. The third-order valence-corrected chi connectivity index (χ3v) is 5.78. The summed E-state index contributed by atoms with van der Waals surface area (Å²) in [6, 6.07) is 4.60. The number of carboxylic acids is 2. The molecule has 31 heavy (non-hydrogen) atoms. The van der Waals surface area contributed by atoms with Crippen molar-refractivity contribution in [2.75, 3.05) is 13.9 Å². The number of hydrogen-bond donors (Lipinski definition) is 2. The molecule has 0 bridgehead atoms. The number of aromatic carboxylic acids is 1. The van der Waals surface area contributed by atoms with Gasteiger partial charge in [0.05, 0.1) is 21.9 Å². The Morgan fingerprint density at radius 2 is 2.00 bits per heavy atom. The number of methoxy groups -OCH3 is 1. The summed E-state index contributed by atoms with van der Waals surface area (Å²) in [5, 5.41) is 23.0. The number of benzene rings is 1. The van der Waals surface area contributed by atoms with Gasteiger partial charge in [-0.25, -0.2) is 9.59 Å². The zero-order chi connectivity index (χ0) is 22.1. The highest BCUT2D eigenvalue weighted by atomic mass is 35.5. The molecule has 11 heteroatoms. The fourth-order valence-electron chi connectivity index (χ4n) is 3.09. The lowest BCUT2D eigenvalue weighted by molar-refractivity contribution is -0.132. The molecule has 1 aromatic carbocycles. The van der Waals surface area contributed by atoms with E-state index in [9.17, 15) is 19.8 Å². The van der Waals surface area contributed by atoms with Gasteiger partial charge in [-0.05, 0) is 18.2 Å². The van der Waals surface area contributed by atoms with Gasteiger partial charge >= 0.3 is 11.9 Å². The van der Waals surface area contributed by atoms with Gasteiger partial charge in [-0.15, -0.1) is 11.3 Å². The Kier molecular flexibility index (Phi) is 5.57. The lowest BCUT2D eigenvalue weighted by Crippen LogP contribution is -2.05. The van der Waals surface area contributed by atoms with Crippen LogP contribution in [0.1, 0.15) is 21.5 Å². The van der Waals surface area contributed by atoms with Crippen LogP contribution < -0.4 is 14.2 Å². The standard InChI is InChI=1S/C20H14ClNO8S/c1-27-13-6-15-14(28-8-29-15)4-9(13)2-10(19(23)24)3-11-7-30-22-17(11)18-12(20(25)26)5-16(21)31-18/h3-7H,2,8H2,1H3,(H,23,24)(H,25,26). The zero-order valence-electron chi connectivity index (χ0n) is 15.9. The summed E-state index contributed by atoms with van der Waals surface area (Å²) in [5.41, 5.74) is 1.02. The van der Waals surface area contributed by atoms with Crippen molar-refractivity contribution in [2.24, 2.45) is 0 Å². The van der Waals surface area contributed by atoms with E-state index in [1.54, 1.807) is 12.1 Å². The molecule has 2 N–H and O–H groups in total. The van der Waals surface area contributed by atoms with Gasteiger partial charge in [0.25, 0.3) is 0 Å². The molecule has 2 aromatic heterocycles. The third kappa shape index (κ3) is 4.07. The van der Waals surface area contributed by atoms with Gasteiger partial charge in [0.15, 0.2) is 11.5 Å². The number of thiophene rings is 1. The van der Waals surface area contributed by atoms with Gasteiger partial charge in [0.1, 0.15) is 17.7 Å². The van der Waals surface area contributed by atoms with Crippen LogP contribution in [0.4, 0.5) is 0 Å². The summed E-state index contributed by atoms with van der Waals surface area (Å²) in [6.45, 7) is 0.0723. The minimum Gasteiger partial charge on any atom is -0.496 e. The molecule has 9 nitrogen and oxygen atoms in total. The maximum atomic E-state index is 12.0. The molecule has 1 aliphatic rings. The van der Waals surface area contributed by atoms with Crippen LogP contribution in [0.3, 0.4) is 0 Å². The number of halogens is 1. The first-order valence-electron chi connectivity index (χ1n) is 8.75. The molecule has 0 fully saturated rings. The molecule has 3 heterocycles. The monoisotopic (exact) mass is 463 g/mol. The first-order valence-corrected chi connectivity index (χ1v) is 9.94. The van der Waals surface area contributed by atoms with Crippen molar-refractivity contribution in [1.82, 2.24) is 5.16 Å². The average Bonchev–Trinajstić information content (AvgIpc) is 3.45. The SMILES string of the molecule is COc1cc2c(cc1CC(=Cc1conc1-c1sc(Cl)cc1C(=O)O)C(=O)O)OCO2. The molecule has 0 amide bonds. The zero-order valence-corrected chi connectivity index (χ0v) is 17.5. The highest BCUT2D eigenvalue weighted by molar-refractivity contribution is 7.19. The molecular formula is C20H14ClNO8S. The quantitative estimate of drug-likeness (QED) is 0.495. The predicted molar refractivity (Wildman–Crippen MR) is 110 cm³/mol. The molecule has 0 spiro atoms. The fraction of sp³-hybridized carbons (Fsp3) is 0.150. The summed E-state index contributed by atoms with van der Waals surface area (Å²) in [7, 11) is 1.47. The van der Waals surface area contributed by atoms with Crippen molar-refractivity contribution in [3.05, 3.63) is 51.1 Å². The second-order valence-electron chi connectivity index (χ2n) is 6.39. The summed E-state index contributed by atoms with van der Waals surface area (Å²) in [6.07, 6.45) is 2.61. The molecule has 0 atom stereocenters. The number of aromatic nitrogens is 1. The van der Waals surface area contributed by atoms with Crippen molar-refractivity contribution < 1.29 is 38.5 Å². The second-order valence-corrected chi connectivity index (χ2v) is 8.07. The summed E-state index contributed by atoms with van der Waals surface area (Å²) in [4.78, 5) is 23.7. The molecular weight excluding hydrogens is 450 g/mol. The van der Waals surface area contributed by atoms with E-state index in [0.29, 0.717) is 28.4 Å². The maximum absolute atomic E-state index is 12.0. The number of carbonyl (C=O) groups is 2. The number of hydrogen-bond acceptors (Lipinski definition) is 8. The number of ether oxygens (including phenoxy) is 3. The molecule has 3 aromatic rings. The van der Waals surface area contributed by atoms with Crippen molar-refractivity contribution >= 4 is 41.0 Å². The number of aliphatic carboxylic acids is 1. The molecule has 4 rings (SSSR count). The van der Waals surface area contributed by atoms with Gasteiger partial charge in [-0.2, -0.15) is 0 Å². The van der Waals surface area contributed by atoms with Crippen LogP contribution in [0.5, 0.6) is 17.2 Å². The maximum Gasteiger partial charge on any atom is 0.337 e. The lowest BCUT2D eigenvalue weighted by Gasteiger charge is -2.10. The van der Waals surface area contributed by atoms with E-state index >= 15 is 0 Å². The Morgan fingerprint density at radius 3 is 2.68 bits per heavy atom. The van der Waals surface area contributed by atoms with Crippen molar-refractivity contribution in [3.8, 4) is 27.8 Å². The van der Waals surface area contributed by atoms with Crippen LogP contribution in [0.15, 0.2) is 34.6 Å². The Bertz CT molecular complexity index is 1210. The Hall–Kier alpha value is -3.50. The summed E-state index contributed by atoms with van der Waals surface area (Å²) in [5.74, 6) is -0.904. The van der Waals surface area contributed by atoms with Crippen molar-refractivity contribution in [3.63, 3.8) is 0 Å². The number of carboxylic acid groups (broad SMARTS) is 2. The molecule has 160 valence electrons. The van der Waals surface area contributed by atoms with E-state index in [1.165, 1.54) is 25.5 Å². The Balaban J connectivity index is 1.74. The van der Waals surface area contributed by atoms with E-state index in [2.05, 4.69) is 5.16 Å². The van der Waals surface area contributed by atoms with Crippen LogP contribution in [0.2, 0.25) is 4.34 Å². The topological polar surface area (TPSA) is 128 Å². The molecule has 0 saturated heterocycles. The normalized spacial score (nSPS) is 12.8. The average molecular weight is 464 g/mol. The van der Waals surface area contributed by atoms with Crippen LogP contribution in [0.25, 0.3) is 16.6 Å².